The third-order valence-corrected chi connectivity index (χ3v) is 4.22. The first-order chi connectivity index (χ1) is 12.0. The van der Waals surface area contributed by atoms with E-state index in [4.69, 9.17) is 5.73 Å². The highest BCUT2D eigenvalue weighted by atomic mass is 19.4. The zero-order valence-corrected chi connectivity index (χ0v) is 15.3. The second-order valence-corrected chi connectivity index (χ2v) is 7.13. The normalized spacial score (nSPS) is 12.3. The zero-order chi connectivity index (χ0) is 19.7. The standard InChI is InChI=1S/C18H23F3N4O/c1-12-15(16(26)24(4)11-17(2,3)10-22)9-23-25(12)14-7-5-6-13(8-14)18(19,20)21/h5-9H,10-11,22H2,1-4H3. The molecule has 0 radical (unpaired) electrons. The van der Waals surface area contributed by atoms with Crippen molar-refractivity contribution < 1.29 is 18.0 Å². The van der Waals surface area contributed by atoms with E-state index in [0.29, 0.717) is 24.3 Å². The zero-order valence-electron chi connectivity index (χ0n) is 15.3. The van der Waals surface area contributed by atoms with Crippen LogP contribution in [-0.2, 0) is 6.18 Å². The van der Waals surface area contributed by atoms with Crippen LogP contribution in [0.15, 0.2) is 30.5 Å². The summed E-state index contributed by atoms with van der Waals surface area (Å²) in [7, 11) is 1.67. The van der Waals surface area contributed by atoms with Crippen LogP contribution < -0.4 is 5.73 Å². The summed E-state index contributed by atoms with van der Waals surface area (Å²) in [6, 6.07) is 4.84. The first-order valence-electron chi connectivity index (χ1n) is 8.14. The van der Waals surface area contributed by atoms with Gasteiger partial charge in [-0.25, -0.2) is 4.68 Å². The summed E-state index contributed by atoms with van der Waals surface area (Å²) in [4.78, 5) is 14.2. The summed E-state index contributed by atoms with van der Waals surface area (Å²) < 4.78 is 40.1. The Morgan fingerprint density at radius 2 is 1.96 bits per heavy atom. The fraction of sp³-hybridized carbons (Fsp3) is 0.444. The van der Waals surface area contributed by atoms with Gasteiger partial charge in [0, 0.05) is 13.6 Å². The summed E-state index contributed by atoms with van der Waals surface area (Å²) in [5.74, 6) is -0.248. The number of carbonyl (C=O) groups excluding carboxylic acids is 1. The molecule has 0 atom stereocenters. The van der Waals surface area contributed by atoms with E-state index < -0.39 is 11.7 Å². The van der Waals surface area contributed by atoms with Crippen molar-refractivity contribution in [2.75, 3.05) is 20.1 Å². The number of benzene rings is 1. The van der Waals surface area contributed by atoms with Crippen molar-refractivity contribution in [1.82, 2.24) is 14.7 Å². The van der Waals surface area contributed by atoms with Crippen molar-refractivity contribution in [3.05, 3.63) is 47.3 Å². The van der Waals surface area contributed by atoms with E-state index in [9.17, 15) is 18.0 Å². The molecule has 2 rings (SSSR count). The number of halogens is 3. The predicted molar refractivity (Wildman–Crippen MR) is 93.1 cm³/mol. The molecular weight excluding hydrogens is 345 g/mol. The van der Waals surface area contributed by atoms with Crippen molar-refractivity contribution >= 4 is 5.91 Å². The smallest absolute Gasteiger partial charge is 0.341 e. The summed E-state index contributed by atoms with van der Waals surface area (Å²) in [6.07, 6.45) is -3.06. The Bertz CT molecular complexity index is 796. The summed E-state index contributed by atoms with van der Waals surface area (Å²) in [5, 5.41) is 4.11. The molecule has 142 valence electrons. The Morgan fingerprint density at radius 3 is 2.54 bits per heavy atom. The Balaban J connectivity index is 2.32. The average Bonchev–Trinajstić information content (AvgIpc) is 2.94. The molecule has 0 aliphatic heterocycles. The van der Waals surface area contributed by atoms with E-state index in [1.165, 1.54) is 23.0 Å². The molecule has 1 aromatic heterocycles. The van der Waals surface area contributed by atoms with Crippen LogP contribution in [0.1, 0.15) is 35.5 Å². The molecule has 0 saturated carbocycles. The van der Waals surface area contributed by atoms with Gasteiger partial charge in [-0.2, -0.15) is 18.3 Å². The number of rotatable bonds is 5. The van der Waals surface area contributed by atoms with E-state index in [1.807, 2.05) is 13.8 Å². The van der Waals surface area contributed by atoms with Crippen LogP contribution in [0.3, 0.4) is 0 Å². The van der Waals surface area contributed by atoms with Gasteiger partial charge in [0.05, 0.1) is 28.7 Å². The van der Waals surface area contributed by atoms with Crippen LogP contribution in [0.4, 0.5) is 13.2 Å². The molecule has 0 unspecified atom stereocenters. The Morgan fingerprint density at radius 1 is 1.31 bits per heavy atom. The minimum absolute atomic E-state index is 0.241. The first-order valence-corrected chi connectivity index (χ1v) is 8.14. The number of alkyl halides is 3. The molecule has 2 aromatic rings. The van der Waals surface area contributed by atoms with E-state index in [1.54, 1.807) is 18.9 Å². The quantitative estimate of drug-likeness (QED) is 0.881. The molecule has 0 aliphatic rings. The largest absolute Gasteiger partial charge is 0.416 e. The van der Waals surface area contributed by atoms with Crippen molar-refractivity contribution in [3.8, 4) is 5.69 Å². The molecule has 1 aromatic carbocycles. The number of nitrogens with two attached hydrogens (primary N) is 1. The van der Waals surface area contributed by atoms with Crippen LogP contribution in [0.2, 0.25) is 0 Å². The maximum atomic E-state index is 12.9. The van der Waals surface area contributed by atoms with Gasteiger partial charge in [0.15, 0.2) is 0 Å². The molecule has 1 amide bonds. The fourth-order valence-corrected chi connectivity index (χ4v) is 2.68. The van der Waals surface area contributed by atoms with E-state index >= 15 is 0 Å². The second kappa shape index (κ2) is 7.11. The van der Waals surface area contributed by atoms with Crippen molar-refractivity contribution in [3.63, 3.8) is 0 Å². The lowest BCUT2D eigenvalue weighted by atomic mass is 9.93. The van der Waals surface area contributed by atoms with Gasteiger partial charge in [-0.1, -0.05) is 19.9 Å². The van der Waals surface area contributed by atoms with Crippen molar-refractivity contribution in [1.29, 1.82) is 0 Å². The fourth-order valence-electron chi connectivity index (χ4n) is 2.68. The van der Waals surface area contributed by atoms with Crippen LogP contribution in [-0.4, -0.2) is 40.7 Å². The van der Waals surface area contributed by atoms with Crippen LogP contribution in [0.5, 0.6) is 0 Å². The van der Waals surface area contributed by atoms with Gasteiger partial charge in [-0.3, -0.25) is 4.79 Å². The van der Waals surface area contributed by atoms with Gasteiger partial charge < -0.3 is 10.6 Å². The number of hydrogen-bond donors (Lipinski definition) is 1. The van der Waals surface area contributed by atoms with Crippen molar-refractivity contribution in [2.45, 2.75) is 26.9 Å². The van der Waals surface area contributed by atoms with Gasteiger partial charge in [-0.15, -0.1) is 0 Å². The lowest BCUT2D eigenvalue weighted by Gasteiger charge is -2.29. The van der Waals surface area contributed by atoms with Crippen LogP contribution in [0, 0.1) is 12.3 Å². The number of amides is 1. The maximum absolute atomic E-state index is 12.9. The van der Waals surface area contributed by atoms with Crippen LogP contribution in [0.25, 0.3) is 5.69 Å². The number of nitrogens with zero attached hydrogens (tertiary/aromatic N) is 3. The second-order valence-electron chi connectivity index (χ2n) is 7.13. The van der Waals surface area contributed by atoms with Crippen LogP contribution >= 0.6 is 0 Å². The third kappa shape index (κ3) is 4.24. The molecule has 0 spiro atoms. The highest BCUT2D eigenvalue weighted by Crippen LogP contribution is 2.30. The number of aromatic nitrogens is 2. The molecule has 1 heterocycles. The maximum Gasteiger partial charge on any atom is 0.416 e. The SMILES string of the molecule is Cc1c(C(=O)N(C)CC(C)(C)CN)cnn1-c1cccc(C(F)(F)F)c1. The molecule has 0 saturated heterocycles. The molecule has 0 bridgehead atoms. The Kier molecular flexibility index (Phi) is 5.46. The van der Waals surface area contributed by atoms with Gasteiger partial charge in [0.1, 0.15) is 0 Å². The summed E-state index contributed by atoms with van der Waals surface area (Å²) in [6.45, 7) is 6.44. The molecule has 2 N–H and O–H groups in total. The molecule has 8 heteroatoms. The highest BCUT2D eigenvalue weighted by molar-refractivity contribution is 5.95. The molecular formula is C18H23F3N4O. The molecule has 0 aliphatic carbocycles. The Labute approximate surface area is 150 Å². The monoisotopic (exact) mass is 368 g/mol. The summed E-state index contributed by atoms with van der Waals surface area (Å²) in [5.41, 5.74) is 5.78. The minimum atomic E-state index is -4.44. The Hall–Kier alpha value is -2.35. The number of hydrogen-bond acceptors (Lipinski definition) is 3. The minimum Gasteiger partial charge on any atom is -0.341 e. The molecule has 5 nitrogen and oxygen atoms in total. The lowest BCUT2D eigenvalue weighted by molar-refractivity contribution is -0.137. The lowest BCUT2D eigenvalue weighted by Crippen LogP contribution is -2.39. The van der Waals surface area contributed by atoms with Gasteiger partial charge in [0.2, 0.25) is 0 Å². The van der Waals surface area contributed by atoms with Gasteiger partial charge >= 0.3 is 6.18 Å². The first kappa shape index (κ1) is 20.0. The highest BCUT2D eigenvalue weighted by Gasteiger charge is 2.31. The molecule has 26 heavy (non-hydrogen) atoms. The molecule has 0 fully saturated rings. The van der Waals surface area contributed by atoms with Crippen molar-refractivity contribution in [2.24, 2.45) is 11.1 Å². The topological polar surface area (TPSA) is 64.2 Å². The number of carbonyl (C=O) groups is 1. The van der Waals surface area contributed by atoms with Gasteiger partial charge in [-0.05, 0) is 37.1 Å². The van der Waals surface area contributed by atoms with E-state index in [2.05, 4.69) is 5.10 Å². The van der Waals surface area contributed by atoms with E-state index in [0.717, 1.165) is 12.1 Å². The average molecular weight is 368 g/mol. The summed E-state index contributed by atoms with van der Waals surface area (Å²) >= 11 is 0. The predicted octanol–water partition coefficient (Wildman–Crippen LogP) is 3.26. The van der Waals surface area contributed by atoms with Gasteiger partial charge in [0.25, 0.3) is 5.91 Å². The van der Waals surface area contributed by atoms with E-state index in [-0.39, 0.29) is 17.0 Å². The third-order valence-electron chi connectivity index (χ3n) is 4.22.